The van der Waals surface area contributed by atoms with Crippen molar-refractivity contribution in [2.75, 3.05) is 7.05 Å². The Morgan fingerprint density at radius 3 is 2.70 bits per heavy atom. The molecule has 4 nitrogen and oxygen atoms in total. The first-order valence-corrected chi connectivity index (χ1v) is 7.28. The van der Waals surface area contributed by atoms with Crippen LogP contribution in [0.15, 0.2) is 42.7 Å². The largest absolute Gasteiger partial charge is 0.332 e. The molecule has 102 valence electrons. The zero-order valence-corrected chi connectivity index (χ0v) is 12.3. The molecule has 2 heterocycles. The smallest absolute Gasteiger partial charge is 0.168 e. The second-order valence-electron chi connectivity index (χ2n) is 4.55. The van der Waals surface area contributed by atoms with Crippen LogP contribution in [0.5, 0.6) is 0 Å². The van der Waals surface area contributed by atoms with E-state index in [9.17, 15) is 0 Å². The number of imidazole rings is 1. The lowest BCUT2D eigenvalue weighted by atomic mass is 10.1. The van der Waals surface area contributed by atoms with E-state index in [1.54, 1.807) is 17.5 Å². The lowest BCUT2D eigenvalue weighted by Crippen LogP contribution is -2.04. The Labute approximate surface area is 122 Å². The van der Waals surface area contributed by atoms with Crippen molar-refractivity contribution < 1.29 is 0 Å². The highest BCUT2D eigenvalue weighted by Gasteiger charge is 2.15. The molecule has 0 unspecified atom stereocenters. The Morgan fingerprint density at radius 1 is 1.25 bits per heavy atom. The van der Waals surface area contributed by atoms with Crippen molar-refractivity contribution in [2.45, 2.75) is 6.54 Å². The van der Waals surface area contributed by atoms with E-state index in [1.807, 2.05) is 43.1 Å². The highest BCUT2D eigenvalue weighted by Crippen LogP contribution is 2.32. The van der Waals surface area contributed by atoms with Crippen LogP contribution in [0.25, 0.3) is 22.1 Å². The molecule has 0 radical (unpaired) electrons. The topological polar surface area (TPSA) is 42.7 Å². The predicted octanol–water partition coefficient (Wildman–Crippen LogP) is 2.93. The van der Waals surface area contributed by atoms with Gasteiger partial charge >= 0.3 is 0 Å². The fourth-order valence-electron chi connectivity index (χ4n) is 2.12. The van der Waals surface area contributed by atoms with Gasteiger partial charge in [0.1, 0.15) is 0 Å². The van der Waals surface area contributed by atoms with Crippen LogP contribution in [0.1, 0.15) is 4.88 Å². The van der Waals surface area contributed by atoms with Gasteiger partial charge in [0.25, 0.3) is 0 Å². The summed E-state index contributed by atoms with van der Waals surface area (Å²) in [6, 6.07) is 10.3. The number of aromatic nitrogens is 3. The highest BCUT2D eigenvalue weighted by atomic mass is 32.1. The Kier molecular flexibility index (Phi) is 3.62. The first-order valence-electron chi connectivity index (χ1n) is 6.47. The molecule has 0 saturated carbocycles. The quantitative estimate of drug-likeness (QED) is 0.801. The van der Waals surface area contributed by atoms with Crippen LogP contribution in [0.3, 0.4) is 0 Å². The number of nitrogens with zero attached hydrogens (tertiary/aromatic N) is 3. The fraction of sp³-hybridized carbons (Fsp3) is 0.200. The van der Waals surface area contributed by atoms with Crippen molar-refractivity contribution in [2.24, 2.45) is 7.05 Å². The number of benzene rings is 1. The van der Waals surface area contributed by atoms with Gasteiger partial charge in [-0.1, -0.05) is 30.3 Å². The maximum absolute atomic E-state index is 4.80. The van der Waals surface area contributed by atoms with Crippen molar-refractivity contribution in [1.82, 2.24) is 19.9 Å². The number of thiazole rings is 1. The summed E-state index contributed by atoms with van der Waals surface area (Å²) >= 11 is 1.69. The number of aryl methyl sites for hydroxylation is 1. The summed E-state index contributed by atoms with van der Waals surface area (Å²) in [6.07, 6.45) is 3.74. The Hall–Kier alpha value is -1.98. The predicted molar refractivity (Wildman–Crippen MR) is 82.5 cm³/mol. The van der Waals surface area contributed by atoms with Gasteiger partial charge in [-0.05, 0) is 7.05 Å². The number of hydrogen-bond donors (Lipinski definition) is 1. The summed E-state index contributed by atoms with van der Waals surface area (Å²) in [5.41, 5.74) is 2.19. The molecule has 3 rings (SSSR count). The van der Waals surface area contributed by atoms with Crippen molar-refractivity contribution in [1.29, 1.82) is 0 Å². The van der Waals surface area contributed by atoms with E-state index in [0.717, 1.165) is 28.6 Å². The third-order valence-electron chi connectivity index (χ3n) is 3.09. The van der Waals surface area contributed by atoms with Crippen molar-refractivity contribution in [3.05, 3.63) is 47.6 Å². The Bertz CT molecular complexity index is 700. The molecule has 0 aliphatic carbocycles. The molecule has 0 atom stereocenters. The van der Waals surface area contributed by atoms with Gasteiger partial charge in [0.05, 0.1) is 5.69 Å². The summed E-state index contributed by atoms with van der Waals surface area (Å²) in [5.74, 6) is 0.912. The summed E-state index contributed by atoms with van der Waals surface area (Å²) < 4.78 is 2.00. The number of hydrogen-bond acceptors (Lipinski definition) is 4. The van der Waals surface area contributed by atoms with E-state index >= 15 is 0 Å². The fourth-order valence-corrected chi connectivity index (χ4v) is 3.26. The van der Waals surface area contributed by atoms with Gasteiger partial charge in [-0.15, -0.1) is 11.3 Å². The molecule has 20 heavy (non-hydrogen) atoms. The number of nitrogens with one attached hydrogen (secondary N) is 1. The van der Waals surface area contributed by atoms with E-state index in [1.165, 1.54) is 4.88 Å². The second kappa shape index (κ2) is 5.56. The average molecular weight is 284 g/mol. The maximum Gasteiger partial charge on any atom is 0.168 e. The molecule has 0 amide bonds. The van der Waals surface area contributed by atoms with Crippen LogP contribution < -0.4 is 5.32 Å². The molecule has 0 bridgehead atoms. The molecule has 0 aliphatic heterocycles. The van der Waals surface area contributed by atoms with Crippen LogP contribution in [0.4, 0.5) is 0 Å². The second-order valence-corrected chi connectivity index (χ2v) is 5.63. The summed E-state index contributed by atoms with van der Waals surface area (Å²) in [5, 5.41) is 4.17. The summed E-state index contributed by atoms with van der Waals surface area (Å²) in [7, 11) is 3.94. The molecular formula is C15H16N4S. The molecule has 3 aromatic rings. The first kappa shape index (κ1) is 13.0. The third-order valence-corrected chi connectivity index (χ3v) is 4.15. The van der Waals surface area contributed by atoms with Gasteiger partial charge in [0.2, 0.25) is 0 Å². The van der Waals surface area contributed by atoms with Crippen LogP contribution in [-0.2, 0) is 13.6 Å². The maximum atomic E-state index is 4.80. The van der Waals surface area contributed by atoms with E-state index in [-0.39, 0.29) is 0 Å². The van der Waals surface area contributed by atoms with Crippen LogP contribution >= 0.6 is 11.3 Å². The molecule has 1 N–H and O–H groups in total. The van der Waals surface area contributed by atoms with E-state index in [0.29, 0.717) is 0 Å². The van der Waals surface area contributed by atoms with Gasteiger partial charge < -0.3 is 9.88 Å². The summed E-state index contributed by atoms with van der Waals surface area (Å²) in [6.45, 7) is 0.812. The molecular weight excluding hydrogens is 268 g/mol. The van der Waals surface area contributed by atoms with Crippen molar-refractivity contribution in [3.8, 4) is 22.1 Å². The summed E-state index contributed by atoms with van der Waals surface area (Å²) in [4.78, 5) is 10.4. The van der Waals surface area contributed by atoms with E-state index < -0.39 is 0 Å². The van der Waals surface area contributed by atoms with E-state index in [2.05, 4.69) is 22.4 Å². The van der Waals surface area contributed by atoms with Gasteiger partial charge in [-0.25, -0.2) is 9.97 Å². The molecule has 5 heteroatoms. The lowest BCUT2D eigenvalue weighted by molar-refractivity contribution is 0.831. The lowest BCUT2D eigenvalue weighted by Gasteiger charge is -2.00. The van der Waals surface area contributed by atoms with Gasteiger partial charge in [0.15, 0.2) is 10.8 Å². The molecule has 0 saturated heterocycles. The van der Waals surface area contributed by atoms with Crippen LogP contribution in [0.2, 0.25) is 0 Å². The SMILES string of the molecule is CNCc1sc(-c2nccn2C)nc1-c1ccccc1. The minimum atomic E-state index is 0.812. The van der Waals surface area contributed by atoms with Gasteiger partial charge in [0, 0.05) is 36.4 Å². The van der Waals surface area contributed by atoms with E-state index in [4.69, 9.17) is 4.98 Å². The average Bonchev–Trinajstić information content (AvgIpc) is 3.06. The third kappa shape index (κ3) is 2.37. The zero-order chi connectivity index (χ0) is 13.9. The standard InChI is InChI=1S/C15H16N4S/c1-16-10-12-13(11-6-4-3-5-7-11)18-15(20-12)14-17-8-9-19(14)2/h3-9,16H,10H2,1-2H3. The minimum Gasteiger partial charge on any atom is -0.332 e. The van der Waals surface area contributed by atoms with Crippen molar-refractivity contribution in [3.63, 3.8) is 0 Å². The minimum absolute atomic E-state index is 0.812. The first-order chi connectivity index (χ1) is 9.79. The zero-order valence-electron chi connectivity index (χ0n) is 11.5. The molecule has 2 aromatic heterocycles. The molecule has 0 fully saturated rings. The van der Waals surface area contributed by atoms with Gasteiger partial charge in [-0.3, -0.25) is 0 Å². The number of rotatable bonds is 4. The molecule has 0 aliphatic rings. The van der Waals surface area contributed by atoms with Crippen LogP contribution in [-0.4, -0.2) is 21.6 Å². The Morgan fingerprint density at radius 2 is 2.05 bits per heavy atom. The highest BCUT2D eigenvalue weighted by molar-refractivity contribution is 7.15. The molecule has 0 spiro atoms. The monoisotopic (exact) mass is 284 g/mol. The Balaban J connectivity index is 2.10. The molecule has 1 aromatic carbocycles. The van der Waals surface area contributed by atoms with Gasteiger partial charge in [-0.2, -0.15) is 0 Å². The van der Waals surface area contributed by atoms with Crippen molar-refractivity contribution >= 4 is 11.3 Å². The normalized spacial score (nSPS) is 10.9. The van der Waals surface area contributed by atoms with Crippen LogP contribution in [0, 0.1) is 0 Å².